The zero-order chi connectivity index (χ0) is 15.1. The number of hydrogen-bond acceptors (Lipinski definition) is 2. The molecular formula is C17H27N3O. The van der Waals surface area contributed by atoms with E-state index in [-0.39, 0.29) is 0 Å². The van der Waals surface area contributed by atoms with Crippen molar-refractivity contribution in [2.45, 2.75) is 46.3 Å². The standard InChI is InChI=1S/C17H27N3O/c1-4-18-17(20-12-16-6-5-9-21-16)19-11-15-8-7-13(2)10-14(15)3/h7-8,10,16H,4-6,9,11-12H2,1-3H3,(H2,18,19,20). The van der Waals surface area contributed by atoms with Crippen LogP contribution in [0.2, 0.25) is 0 Å². The summed E-state index contributed by atoms with van der Waals surface area (Å²) in [6, 6.07) is 6.51. The third-order valence-electron chi connectivity index (χ3n) is 3.77. The summed E-state index contributed by atoms with van der Waals surface area (Å²) in [7, 11) is 0. The van der Waals surface area contributed by atoms with E-state index < -0.39 is 0 Å². The van der Waals surface area contributed by atoms with Crippen molar-refractivity contribution in [1.29, 1.82) is 0 Å². The molecule has 0 aromatic heterocycles. The van der Waals surface area contributed by atoms with Crippen molar-refractivity contribution >= 4 is 5.96 Å². The van der Waals surface area contributed by atoms with E-state index >= 15 is 0 Å². The summed E-state index contributed by atoms with van der Waals surface area (Å²) in [5, 5.41) is 6.67. The van der Waals surface area contributed by atoms with E-state index in [4.69, 9.17) is 4.74 Å². The Balaban J connectivity index is 1.92. The fourth-order valence-electron chi connectivity index (χ4n) is 2.55. The molecule has 1 saturated heterocycles. The molecule has 1 aliphatic heterocycles. The predicted molar refractivity (Wildman–Crippen MR) is 87.7 cm³/mol. The number of guanidine groups is 1. The van der Waals surface area contributed by atoms with Gasteiger partial charge in [-0.2, -0.15) is 0 Å². The van der Waals surface area contributed by atoms with Crippen LogP contribution in [0.25, 0.3) is 0 Å². The SMILES string of the molecule is CCNC(=NCc1ccc(C)cc1C)NCC1CCCO1. The predicted octanol–water partition coefficient (Wildman–Crippen LogP) is 2.54. The summed E-state index contributed by atoms with van der Waals surface area (Å²) in [6.45, 7) is 9.64. The lowest BCUT2D eigenvalue weighted by Gasteiger charge is -2.15. The first-order valence-corrected chi connectivity index (χ1v) is 7.89. The maximum Gasteiger partial charge on any atom is 0.191 e. The van der Waals surface area contributed by atoms with E-state index in [9.17, 15) is 0 Å². The fraction of sp³-hybridized carbons (Fsp3) is 0.588. The Morgan fingerprint density at radius 3 is 2.86 bits per heavy atom. The van der Waals surface area contributed by atoms with E-state index in [1.54, 1.807) is 0 Å². The van der Waals surface area contributed by atoms with Gasteiger partial charge in [0, 0.05) is 19.7 Å². The number of nitrogens with zero attached hydrogens (tertiary/aromatic N) is 1. The minimum atomic E-state index is 0.329. The molecule has 0 aliphatic carbocycles. The van der Waals surface area contributed by atoms with Crippen LogP contribution in [-0.2, 0) is 11.3 Å². The van der Waals surface area contributed by atoms with Gasteiger partial charge < -0.3 is 15.4 Å². The number of ether oxygens (including phenoxy) is 1. The molecule has 0 bridgehead atoms. The van der Waals surface area contributed by atoms with E-state index in [0.717, 1.165) is 32.1 Å². The van der Waals surface area contributed by atoms with Gasteiger partial charge in [-0.25, -0.2) is 4.99 Å². The van der Waals surface area contributed by atoms with Crippen LogP contribution >= 0.6 is 0 Å². The van der Waals surface area contributed by atoms with E-state index in [2.05, 4.69) is 54.6 Å². The number of hydrogen-bond donors (Lipinski definition) is 2. The van der Waals surface area contributed by atoms with Crippen LogP contribution in [0.5, 0.6) is 0 Å². The highest BCUT2D eigenvalue weighted by atomic mass is 16.5. The van der Waals surface area contributed by atoms with Gasteiger partial charge in [-0.1, -0.05) is 23.8 Å². The highest BCUT2D eigenvalue weighted by Crippen LogP contribution is 2.12. The molecule has 4 heteroatoms. The van der Waals surface area contributed by atoms with Crippen LogP contribution in [0.3, 0.4) is 0 Å². The van der Waals surface area contributed by atoms with Crippen molar-refractivity contribution in [1.82, 2.24) is 10.6 Å². The van der Waals surface area contributed by atoms with Gasteiger partial charge in [0.2, 0.25) is 0 Å². The quantitative estimate of drug-likeness (QED) is 0.647. The molecular weight excluding hydrogens is 262 g/mol. The Morgan fingerprint density at radius 1 is 1.33 bits per heavy atom. The van der Waals surface area contributed by atoms with Crippen molar-refractivity contribution in [2.75, 3.05) is 19.7 Å². The molecule has 1 fully saturated rings. The monoisotopic (exact) mass is 289 g/mol. The van der Waals surface area contributed by atoms with Crippen LogP contribution in [0.1, 0.15) is 36.5 Å². The molecule has 1 heterocycles. The molecule has 116 valence electrons. The molecule has 1 aromatic carbocycles. The average molecular weight is 289 g/mol. The van der Waals surface area contributed by atoms with Gasteiger partial charge >= 0.3 is 0 Å². The first kappa shape index (κ1) is 15.8. The third kappa shape index (κ3) is 5.05. The van der Waals surface area contributed by atoms with Gasteiger partial charge in [0.25, 0.3) is 0 Å². The van der Waals surface area contributed by atoms with Crippen molar-refractivity contribution in [2.24, 2.45) is 4.99 Å². The van der Waals surface area contributed by atoms with Crippen LogP contribution in [-0.4, -0.2) is 31.8 Å². The molecule has 1 aromatic rings. The largest absolute Gasteiger partial charge is 0.376 e. The van der Waals surface area contributed by atoms with Crippen LogP contribution < -0.4 is 10.6 Å². The topological polar surface area (TPSA) is 45.7 Å². The number of aliphatic imine (C=N–C) groups is 1. The second kappa shape index (κ2) is 8.03. The Kier molecular flexibility index (Phi) is 6.05. The number of benzene rings is 1. The molecule has 0 radical (unpaired) electrons. The molecule has 4 nitrogen and oxygen atoms in total. The normalized spacial score (nSPS) is 18.8. The number of nitrogens with one attached hydrogen (secondary N) is 2. The number of rotatable bonds is 5. The smallest absolute Gasteiger partial charge is 0.191 e. The van der Waals surface area contributed by atoms with E-state index in [1.807, 2.05) is 0 Å². The molecule has 2 rings (SSSR count). The summed E-state index contributed by atoms with van der Waals surface area (Å²) in [5.41, 5.74) is 3.87. The summed E-state index contributed by atoms with van der Waals surface area (Å²) >= 11 is 0. The van der Waals surface area contributed by atoms with Crippen LogP contribution in [0.4, 0.5) is 0 Å². The zero-order valence-electron chi connectivity index (χ0n) is 13.4. The lowest BCUT2D eigenvalue weighted by atomic mass is 10.1. The fourth-order valence-corrected chi connectivity index (χ4v) is 2.55. The Hall–Kier alpha value is -1.55. The molecule has 0 amide bonds. The summed E-state index contributed by atoms with van der Waals surface area (Å²) in [6.07, 6.45) is 2.64. The minimum absolute atomic E-state index is 0.329. The van der Waals surface area contributed by atoms with Gasteiger partial charge in [-0.3, -0.25) is 0 Å². The maximum atomic E-state index is 5.63. The molecule has 2 N–H and O–H groups in total. The van der Waals surface area contributed by atoms with Gasteiger partial charge in [-0.15, -0.1) is 0 Å². The lowest BCUT2D eigenvalue weighted by Crippen LogP contribution is -2.41. The second-order valence-electron chi connectivity index (χ2n) is 5.64. The molecule has 0 spiro atoms. The Labute approximate surface area is 128 Å². The molecule has 1 atom stereocenters. The summed E-state index contributed by atoms with van der Waals surface area (Å²) in [5.74, 6) is 0.868. The number of aryl methyl sites for hydroxylation is 2. The van der Waals surface area contributed by atoms with Gasteiger partial charge in [0.15, 0.2) is 5.96 Å². The molecule has 1 unspecified atom stereocenters. The van der Waals surface area contributed by atoms with E-state index in [0.29, 0.717) is 12.6 Å². The van der Waals surface area contributed by atoms with Gasteiger partial charge in [-0.05, 0) is 44.7 Å². The van der Waals surface area contributed by atoms with Gasteiger partial charge in [0.1, 0.15) is 0 Å². The molecule has 1 aliphatic rings. The van der Waals surface area contributed by atoms with E-state index in [1.165, 1.54) is 23.1 Å². The first-order valence-electron chi connectivity index (χ1n) is 7.89. The lowest BCUT2D eigenvalue weighted by molar-refractivity contribution is 0.114. The third-order valence-corrected chi connectivity index (χ3v) is 3.77. The minimum Gasteiger partial charge on any atom is -0.376 e. The molecule has 0 saturated carbocycles. The van der Waals surface area contributed by atoms with Crippen molar-refractivity contribution in [3.05, 3.63) is 34.9 Å². The zero-order valence-corrected chi connectivity index (χ0v) is 13.4. The Morgan fingerprint density at radius 2 is 2.19 bits per heavy atom. The average Bonchev–Trinajstić information content (AvgIpc) is 2.96. The van der Waals surface area contributed by atoms with Gasteiger partial charge in [0.05, 0.1) is 12.6 Å². The highest BCUT2D eigenvalue weighted by Gasteiger charge is 2.15. The maximum absolute atomic E-state index is 5.63. The van der Waals surface area contributed by atoms with Crippen molar-refractivity contribution < 1.29 is 4.74 Å². The second-order valence-corrected chi connectivity index (χ2v) is 5.64. The van der Waals surface area contributed by atoms with Crippen LogP contribution in [0.15, 0.2) is 23.2 Å². The van der Waals surface area contributed by atoms with Crippen molar-refractivity contribution in [3.8, 4) is 0 Å². The van der Waals surface area contributed by atoms with Crippen LogP contribution in [0, 0.1) is 13.8 Å². The molecule has 21 heavy (non-hydrogen) atoms. The van der Waals surface area contributed by atoms with Crippen molar-refractivity contribution in [3.63, 3.8) is 0 Å². The Bertz CT molecular complexity index is 479. The highest BCUT2D eigenvalue weighted by molar-refractivity contribution is 5.79. The summed E-state index contributed by atoms with van der Waals surface area (Å²) < 4.78 is 5.63. The summed E-state index contributed by atoms with van der Waals surface area (Å²) in [4.78, 5) is 4.67. The first-order chi connectivity index (χ1) is 10.2.